The van der Waals surface area contributed by atoms with Crippen molar-refractivity contribution < 1.29 is 4.74 Å². The standard InChI is InChI=1S/C19H19N5O2S/c1-11(2)24-17-15(18(25)23-24)16(27-12(3)22-17)13-6-4-7-14(10-13)26-19-20-8-5-9-21-19/h4-11,16H,1-3H3,(H,23,25)/t16-/m1/s1. The molecular formula is C19H19N5O2S. The molecule has 2 aromatic heterocycles. The van der Waals surface area contributed by atoms with E-state index in [1.54, 1.807) is 30.2 Å². The first-order valence-electron chi connectivity index (χ1n) is 8.64. The van der Waals surface area contributed by atoms with Crippen LogP contribution in [0.2, 0.25) is 0 Å². The minimum Gasteiger partial charge on any atom is -0.424 e. The zero-order valence-corrected chi connectivity index (χ0v) is 16.0. The quantitative estimate of drug-likeness (QED) is 0.731. The Morgan fingerprint density at radius 2 is 2.00 bits per heavy atom. The lowest BCUT2D eigenvalue weighted by molar-refractivity contribution is 0.441. The molecule has 7 nitrogen and oxygen atoms in total. The molecule has 1 aliphatic heterocycles. The number of hydrogen-bond acceptors (Lipinski definition) is 6. The number of fused-ring (bicyclic) bond motifs is 1. The van der Waals surface area contributed by atoms with Crippen LogP contribution in [0.15, 0.2) is 52.5 Å². The summed E-state index contributed by atoms with van der Waals surface area (Å²) in [7, 11) is 0. The van der Waals surface area contributed by atoms with Gasteiger partial charge in [-0.3, -0.25) is 14.6 Å². The van der Waals surface area contributed by atoms with Crippen molar-refractivity contribution in [1.29, 1.82) is 0 Å². The molecule has 0 aliphatic carbocycles. The van der Waals surface area contributed by atoms with Gasteiger partial charge in [0.2, 0.25) is 0 Å². The summed E-state index contributed by atoms with van der Waals surface area (Å²) in [6.07, 6.45) is 3.26. The molecule has 8 heteroatoms. The molecule has 0 spiro atoms. The van der Waals surface area contributed by atoms with Crippen LogP contribution in [0.4, 0.5) is 5.82 Å². The van der Waals surface area contributed by atoms with Gasteiger partial charge in [-0.25, -0.2) is 15.0 Å². The Morgan fingerprint density at radius 1 is 1.22 bits per heavy atom. The van der Waals surface area contributed by atoms with Crippen molar-refractivity contribution in [3.05, 3.63) is 64.2 Å². The largest absolute Gasteiger partial charge is 0.424 e. The number of H-pyrrole nitrogens is 1. The fourth-order valence-corrected chi connectivity index (χ4v) is 4.10. The molecule has 27 heavy (non-hydrogen) atoms. The van der Waals surface area contributed by atoms with E-state index in [2.05, 4.69) is 20.1 Å². The molecule has 0 radical (unpaired) electrons. The van der Waals surface area contributed by atoms with E-state index in [-0.39, 0.29) is 22.9 Å². The number of thioether (sulfide) groups is 1. The summed E-state index contributed by atoms with van der Waals surface area (Å²) in [5.74, 6) is 1.33. The highest BCUT2D eigenvalue weighted by Gasteiger charge is 2.30. The maximum absolute atomic E-state index is 12.6. The first-order chi connectivity index (χ1) is 13.0. The van der Waals surface area contributed by atoms with Crippen LogP contribution in [0.5, 0.6) is 11.8 Å². The van der Waals surface area contributed by atoms with Crippen molar-refractivity contribution in [2.24, 2.45) is 4.99 Å². The maximum atomic E-state index is 12.6. The summed E-state index contributed by atoms with van der Waals surface area (Å²) < 4.78 is 7.57. The average molecular weight is 381 g/mol. The molecule has 1 atom stereocenters. The molecule has 0 amide bonds. The molecule has 3 heterocycles. The van der Waals surface area contributed by atoms with Gasteiger partial charge in [0.05, 0.1) is 15.9 Å². The molecule has 0 saturated heterocycles. The summed E-state index contributed by atoms with van der Waals surface area (Å²) in [5.41, 5.74) is 1.54. The second-order valence-corrected chi connectivity index (χ2v) is 7.77. The molecule has 4 rings (SSSR count). The normalized spacial score (nSPS) is 16.1. The lowest BCUT2D eigenvalue weighted by Crippen LogP contribution is -2.13. The molecule has 0 fully saturated rings. The Hall–Kier alpha value is -2.87. The molecule has 1 N–H and O–H groups in total. The molecule has 3 aromatic rings. The van der Waals surface area contributed by atoms with Gasteiger partial charge in [-0.15, -0.1) is 0 Å². The first-order valence-corrected chi connectivity index (χ1v) is 9.52. The zero-order valence-electron chi connectivity index (χ0n) is 15.2. The van der Waals surface area contributed by atoms with Crippen molar-refractivity contribution in [2.45, 2.75) is 32.1 Å². The Bertz CT molecular complexity index is 1060. The second-order valence-electron chi connectivity index (χ2n) is 6.48. The Balaban J connectivity index is 1.74. The summed E-state index contributed by atoms with van der Waals surface area (Å²) in [6.45, 7) is 6.00. The predicted molar refractivity (Wildman–Crippen MR) is 106 cm³/mol. The molecule has 0 bridgehead atoms. The molecule has 0 saturated carbocycles. The smallest absolute Gasteiger partial charge is 0.321 e. The highest BCUT2D eigenvalue weighted by Crippen LogP contribution is 2.44. The number of aromatic nitrogens is 4. The number of rotatable bonds is 4. The molecule has 1 aliphatic rings. The summed E-state index contributed by atoms with van der Waals surface area (Å²) in [5, 5.41) is 3.68. The van der Waals surface area contributed by atoms with Gasteiger partial charge in [0.25, 0.3) is 5.56 Å². The van der Waals surface area contributed by atoms with E-state index in [1.165, 1.54) is 0 Å². The van der Waals surface area contributed by atoms with Crippen molar-refractivity contribution in [3.63, 3.8) is 0 Å². The third-order valence-electron chi connectivity index (χ3n) is 4.18. The fourth-order valence-electron chi connectivity index (χ4n) is 3.00. The Labute approximate surface area is 160 Å². The highest BCUT2D eigenvalue weighted by atomic mass is 32.2. The predicted octanol–water partition coefficient (Wildman–Crippen LogP) is 4.23. The number of aliphatic imine (C=N–C) groups is 1. The molecule has 1 aromatic carbocycles. The van der Waals surface area contributed by atoms with Crippen LogP contribution in [0.1, 0.15) is 43.2 Å². The third-order valence-corrected chi connectivity index (χ3v) is 5.35. The minimum atomic E-state index is -0.151. The zero-order chi connectivity index (χ0) is 19.0. The van der Waals surface area contributed by atoms with Gasteiger partial charge in [0.1, 0.15) is 5.75 Å². The molecule has 138 valence electrons. The topological polar surface area (TPSA) is 85.2 Å². The van der Waals surface area contributed by atoms with Gasteiger partial charge in [0.15, 0.2) is 5.82 Å². The van der Waals surface area contributed by atoms with Crippen molar-refractivity contribution in [3.8, 4) is 11.8 Å². The van der Waals surface area contributed by atoms with Gasteiger partial charge in [-0.05, 0) is 44.5 Å². The Morgan fingerprint density at radius 3 is 2.74 bits per heavy atom. The number of benzene rings is 1. The van der Waals surface area contributed by atoms with E-state index in [9.17, 15) is 4.79 Å². The number of aromatic amines is 1. The van der Waals surface area contributed by atoms with E-state index < -0.39 is 0 Å². The number of hydrogen-bond donors (Lipinski definition) is 1. The van der Waals surface area contributed by atoms with Gasteiger partial charge in [-0.1, -0.05) is 23.9 Å². The number of ether oxygens (including phenoxy) is 1. The number of nitrogens with zero attached hydrogens (tertiary/aromatic N) is 4. The van der Waals surface area contributed by atoms with Crippen LogP contribution in [0.3, 0.4) is 0 Å². The van der Waals surface area contributed by atoms with E-state index in [4.69, 9.17) is 4.74 Å². The first kappa shape index (κ1) is 17.5. The van der Waals surface area contributed by atoms with Crippen molar-refractivity contribution in [2.75, 3.05) is 0 Å². The van der Waals surface area contributed by atoms with Gasteiger partial charge < -0.3 is 4.74 Å². The average Bonchev–Trinajstić information content (AvgIpc) is 2.99. The van der Waals surface area contributed by atoms with Gasteiger partial charge in [0, 0.05) is 18.4 Å². The van der Waals surface area contributed by atoms with Crippen LogP contribution >= 0.6 is 11.8 Å². The monoisotopic (exact) mass is 381 g/mol. The van der Waals surface area contributed by atoms with Crippen LogP contribution in [0, 0.1) is 0 Å². The minimum absolute atomic E-state index is 0.106. The van der Waals surface area contributed by atoms with Crippen molar-refractivity contribution in [1.82, 2.24) is 19.7 Å². The van der Waals surface area contributed by atoms with E-state index in [0.717, 1.165) is 10.6 Å². The van der Waals surface area contributed by atoms with Gasteiger partial charge in [-0.2, -0.15) is 0 Å². The fraction of sp³-hybridized carbons (Fsp3) is 0.263. The summed E-state index contributed by atoms with van der Waals surface area (Å²) in [6, 6.07) is 9.80. The molecule has 0 unspecified atom stereocenters. The van der Waals surface area contributed by atoms with Crippen LogP contribution < -0.4 is 10.3 Å². The summed E-state index contributed by atoms with van der Waals surface area (Å²) >= 11 is 1.57. The lowest BCUT2D eigenvalue weighted by Gasteiger charge is -2.21. The lowest BCUT2D eigenvalue weighted by atomic mass is 10.1. The van der Waals surface area contributed by atoms with Gasteiger partial charge >= 0.3 is 6.01 Å². The molecular weight excluding hydrogens is 362 g/mol. The van der Waals surface area contributed by atoms with E-state index in [1.807, 2.05) is 49.7 Å². The Kier molecular flexibility index (Phi) is 4.57. The second kappa shape index (κ2) is 7.03. The maximum Gasteiger partial charge on any atom is 0.321 e. The van der Waals surface area contributed by atoms with Crippen LogP contribution in [-0.4, -0.2) is 24.8 Å². The highest BCUT2D eigenvalue weighted by molar-refractivity contribution is 8.14. The van der Waals surface area contributed by atoms with Crippen LogP contribution in [0.25, 0.3) is 0 Å². The summed E-state index contributed by atoms with van der Waals surface area (Å²) in [4.78, 5) is 25.4. The SMILES string of the molecule is CC1=Nc2c(c(=O)[nH]n2C(C)C)[C@@H](c2cccc(Oc3ncccn3)c2)S1. The number of nitrogens with one attached hydrogen (secondary N) is 1. The third kappa shape index (κ3) is 3.40. The van der Waals surface area contributed by atoms with E-state index in [0.29, 0.717) is 17.1 Å². The van der Waals surface area contributed by atoms with Crippen LogP contribution in [-0.2, 0) is 0 Å². The van der Waals surface area contributed by atoms with Crippen molar-refractivity contribution >= 4 is 22.6 Å². The van der Waals surface area contributed by atoms with E-state index >= 15 is 0 Å².